The minimum Gasteiger partial charge on any atom is -0.387 e. The van der Waals surface area contributed by atoms with Gasteiger partial charge >= 0.3 is 15.2 Å². The number of anilines is 1. The summed E-state index contributed by atoms with van der Waals surface area (Å²) in [6.45, 7) is 0.476. The molecule has 5 rings (SSSR count). The Morgan fingerprint density at radius 3 is 2.64 bits per heavy atom. The second kappa shape index (κ2) is 9.82. The minimum absolute atomic E-state index is 0.0803. The molecule has 2 bridgehead atoms. The Morgan fingerprint density at radius 1 is 1.23 bits per heavy atom. The van der Waals surface area contributed by atoms with E-state index in [2.05, 4.69) is 15.4 Å². The van der Waals surface area contributed by atoms with Crippen LogP contribution < -0.4 is 5.32 Å². The van der Waals surface area contributed by atoms with Gasteiger partial charge in [0.2, 0.25) is 11.1 Å². The summed E-state index contributed by atoms with van der Waals surface area (Å²) in [6, 6.07) is 8.68. The van der Waals surface area contributed by atoms with Gasteiger partial charge in [-0.05, 0) is 36.7 Å². The van der Waals surface area contributed by atoms with Gasteiger partial charge in [0, 0.05) is 5.56 Å². The van der Waals surface area contributed by atoms with Gasteiger partial charge in [-0.25, -0.2) is 8.91 Å². The van der Waals surface area contributed by atoms with Gasteiger partial charge in [-0.2, -0.15) is 4.98 Å². The third kappa shape index (κ3) is 5.14. The molecule has 2 aliphatic heterocycles. The van der Waals surface area contributed by atoms with Gasteiger partial charge in [0.05, 0.1) is 19.3 Å². The Morgan fingerprint density at radius 2 is 1.95 bits per heavy atom. The van der Waals surface area contributed by atoms with Crippen LogP contribution >= 0.6 is 26.8 Å². The van der Waals surface area contributed by atoms with Crippen LogP contribution in [0.4, 0.5) is 10.2 Å². The van der Waals surface area contributed by atoms with E-state index in [1.807, 2.05) is 0 Å². The van der Waals surface area contributed by atoms with Crippen molar-refractivity contribution in [1.82, 2.24) is 14.6 Å². The van der Waals surface area contributed by atoms with Crippen molar-refractivity contribution < 1.29 is 52.4 Å². The van der Waals surface area contributed by atoms with Gasteiger partial charge in [-0.1, -0.05) is 18.2 Å². The fourth-order valence-corrected chi connectivity index (χ4v) is 7.51. The van der Waals surface area contributed by atoms with Crippen molar-refractivity contribution in [2.45, 2.75) is 36.6 Å². The molecule has 2 saturated heterocycles. The predicted octanol–water partition coefficient (Wildman–Crippen LogP) is 1.71. The van der Waals surface area contributed by atoms with E-state index in [1.165, 1.54) is 16.6 Å². The fourth-order valence-electron chi connectivity index (χ4n) is 4.74. The first-order valence-electron chi connectivity index (χ1n) is 11.4. The molecule has 1 aromatic carbocycles. The lowest BCUT2D eigenvalue weighted by molar-refractivity contribution is -0.218. The number of hydrogen-bond acceptors (Lipinski definition) is 10. The molecule has 1 unspecified atom stereocenters. The summed E-state index contributed by atoms with van der Waals surface area (Å²) in [7, 11) is -9.69. The highest BCUT2D eigenvalue weighted by Gasteiger charge is 2.71. The lowest BCUT2D eigenvalue weighted by Gasteiger charge is -2.32. The quantitative estimate of drug-likeness (QED) is 0.192. The fraction of sp³-hybridized carbons (Fsp3) is 0.429. The lowest BCUT2D eigenvalue weighted by Crippen LogP contribution is -2.53. The first-order valence-corrected chi connectivity index (χ1v) is 15.4. The van der Waals surface area contributed by atoms with Crippen LogP contribution in [0.3, 0.4) is 0 Å². The van der Waals surface area contributed by atoms with Gasteiger partial charge in [0.15, 0.2) is 11.7 Å². The summed E-state index contributed by atoms with van der Waals surface area (Å²) in [5.74, 6) is -3.68. The lowest BCUT2D eigenvalue weighted by atomic mass is 9.91. The van der Waals surface area contributed by atoms with Gasteiger partial charge in [0.1, 0.15) is 34.8 Å². The smallest absolute Gasteiger partial charge is 0.340 e. The topological polar surface area (TPSA) is 205 Å². The van der Waals surface area contributed by atoms with Crippen LogP contribution in [0, 0.1) is 5.82 Å². The third-order valence-corrected chi connectivity index (χ3v) is 10.1. The molecule has 6 atom stereocenters. The first kappa shape index (κ1) is 28.5. The normalized spacial score (nSPS) is 29.0. The Balaban J connectivity index is 1.46. The molecule has 2 aromatic heterocycles. The standard InChI is InChI=1S/C21H24ClFN4O10P2/c1-11(12-4-2-3-5-13(12)23)24-18-14-6-7-15(27(14)26-19(22)25-18)21-17(29)16(28)20(37-21,8-35-21)9-36-39(33,34)10-38(30,31)32/h2-7,11,16-17,28-29H,8-10H2,1H3,(H,33,34)(H,24,25,26)(H2,30,31,32)/t11-,16-,17+,20+,21-/m0/s1. The molecular weight excluding hydrogens is 585 g/mol. The van der Waals surface area contributed by atoms with Crippen molar-refractivity contribution >= 4 is 38.1 Å². The molecular formula is C21H24ClFN4O10P2. The van der Waals surface area contributed by atoms with Gasteiger partial charge in [0.25, 0.3) is 0 Å². The molecule has 0 amide bonds. The summed E-state index contributed by atoms with van der Waals surface area (Å²) in [6.07, 6.45) is -3.43. The van der Waals surface area contributed by atoms with Crippen molar-refractivity contribution in [1.29, 1.82) is 0 Å². The SMILES string of the molecule is C[C@H](Nc1nc(Cl)nn2c([C@]34OC[C@](COP(=O)(O)CP(=O)(O)O)(O3)[C@@H](O)[C@H]4O)ccc12)c1ccccc1F. The van der Waals surface area contributed by atoms with E-state index in [0.29, 0.717) is 11.1 Å². The Labute approximate surface area is 225 Å². The third-order valence-electron chi connectivity index (χ3n) is 6.55. The zero-order chi connectivity index (χ0) is 28.4. The molecule has 0 spiro atoms. The number of nitrogens with zero attached hydrogens (tertiary/aromatic N) is 3. The second-order valence-electron chi connectivity index (χ2n) is 9.36. The van der Waals surface area contributed by atoms with Crippen LogP contribution in [0.15, 0.2) is 36.4 Å². The number of halogens is 2. The molecule has 0 aliphatic carbocycles. The van der Waals surface area contributed by atoms with Crippen molar-refractivity contribution in [2.75, 3.05) is 24.4 Å². The van der Waals surface area contributed by atoms with Crippen molar-refractivity contribution in [3.8, 4) is 0 Å². The average molecular weight is 609 g/mol. The molecule has 3 aromatic rings. The Kier molecular flexibility index (Phi) is 7.19. The summed E-state index contributed by atoms with van der Waals surface area (Å²) >= 11 is 6.17. The summed E-state index contributed by atoms with van der Waals surface area (Å²) < 4.78 is 55.4. The maximum atomic E-state index is 14.3. The molecule has 2 fully saturated rings. The van der Waals surface area contributed by atoms with Gasteiger partial charge in [-0.15, -0.1) is 5.10 Å². The second-order valence-corrected chi connectivity index (χ2v) is 13.7. The van der Waals surface area contributed by atoms with Gasteiger partial charge < -0.3 is 44.2 Å². The van der Waals surface area contributed by atoms with Crippen molar-refractivity contribution in [3.63, 3.8) is 0 Å². The molecule has 0 saturated carbocycles. The molecule has 6 N–H and O–H groups in total. The van der Waals surface area contributed by atoms with Crippen LogP contribution in [0.5, 0.6) is 0 Å². The predicted molar refractivity (Wildman–Crippen MR) is 133 cm³/mol. The van der Waals surface area contributed by atoms with Crippen LogP contribution in [-0.2, 0) is 28.9 Å². The Bertz CT molecular complexity index is 1520. The molecule has 0 radical (unpaired) electrons. The van der Waals surface area contributed by atoms with Crippen LogP contribution in [0.25, 0.3) is 5.52 Å². The van der Waals surface area contributed by atoms with Crippen molar-refractivity contribution in [2.24, 2.45) is 0 Å². The number of fused-ring (bicyclic) bond motifs is 3. The molecule has 2 aliphatic rings. The minimum atomic E-state index is -4.90. The highest BCUT2D eigenvalue weighted by molar-refractivity contribution is 7.70. The van der Waals surface area contributed by atoms with E-state index in [0.717, 1.165) is 0 Å². The maximum Gasteiger partial charge on any atom is 0.340 e. The summed E-state index contributed by atoms with van der Waals surface area (Å²) in [5, 5.41) is 28.8. The number of benzene rings is 1. The number of hydrogen-bond donors (Lipinski definition) is 6. The highest BCUT2D eigenvalue weighted by Crippen LogP contribution is 2.58. The Hall–Kier alpha value is -2.00. The number of aromatic nitrogens is 3. The summed E-state index contributed by atoms with van der Waals surface area (Å²) in [5.41, 5.74) is -1.06. The molecule has 4 heterocycles. The number of nitrogens with one attached hydrogen (secondary N) is 1. The van der Waals surface area contributed by atoms with Crippen molar-refractivity contribution in [3.05, 3.63) is 58.8 Å². The van der Waals surface area contributed by atoms with Gasteiger partial charge in [-0.3, -0.25) is 9.13 Å². The molecule has 18 heteroatoms. The zero-order valence-corrected chi connectivity index (χ0v) is 22.6. The van der Waals surface area contributed by atoms with Crippen LogP contribution in [0.2, 0.25) is 5.28 Å². The van der Waals surface area contributed by atoms with Crippen LogP contribution in [-0.4, -0.2) is 76.4 Å². The van der Waals surface area contributed by atoms with E-state index in [4.69, 9.17) is 35.4 Å². The first-order chi connectivity index (χ1) is 18.2. The zero-order valence-electron chi connectivity index (χ0n) is 20.1. The van der Waals surface area contributed by atoms with E-state index in [-0.39, 0.29) is 16.8 Å². The average Bonchev–Trinajstić information content (AvgIpc) is 3.49. The van der Waals surface area contributed by atoms with E-state index < -0.39 is 69.8 Å². The van der Waals surface area contributed by atoms with Crippen LogP contribution in [0.1, 0.15) is 24.2 Å². The highest BCUT2D eigenvalue weighted by atomic mass is 35.5. The number of aliphatic hydroxyl groups excluding tert-OH is 2. The van der Waals surface area contributed by atoms with E-state index in [9.17, 15) is 28.6 Å². The summed E-state index contributed by atoms with van der Waals surface area (Å²) in [4.78, 5) is 32.1. The molecule has 212 valence electrons. The molecule has 39 heavy (non-hydrogen) atoms. The monoisotopic (exact) mass is 608 g/mol. The van der Waals surface area contributed by atoms with E-state index in [1.54, 1.807) is 31.2 Å². The number of rotatable bonds is 9. The van der Waals surface area contributed by atoms with E-state index >= 15 is 0 Å². The largest absolute Gasteiger partial charge is 0.387 e. The number of ether oxygens (including phenoxy) is 2. The molecule has 14 nitrogen and oxygen atoms in total. The maximum absolute atomic E-state index is 14.3. The number of aliphatic hydroxyl groups is 2.